The van der Waals surface area contributed by atoms with Gasteiger partial charge in [0.25, 0.3) is 0 Å². The Labute approximate surface area is 119 Å². The molecule has 1 aromatic carbocycles. The molecule has 0 saturated heterocycles. The predicted molar refractivity (Wildman–Crippen MR) is 79.6 cm³/mol. The van der Waals surface area contributed by atoms with Crippen molar-refractivity contribution in [1.29, 1.82) is 0 Å². The Morgan fingerprint density at radius 2 is 2.00 bits per heavy atom. The average molecular weight is 282 g/mol. The molecule has 1 amide bonds. The van der Waals surface area contributed by atoms with Gasteiger partial charge in [-0.05, 0) is 44.9 Å². The van der Waals surface area contributed by atoms with Crippen molar-refractivity contribution in [3.63, 3.8) is 0 Å². The minimum atomic E-state index is -0.567. The van der Waals surface area contributed by atoms with Crippen LogP contribution in [0.1, 0.15) is 34.6 Å². The number of rotatable bonds is 4. The number of carbonyl (C=O) groups excluding carboxylic acids is 1. The van der Waals surface area contributed by atoms with E-state index < -0.39 is 11.7 Å². The second kappa shape index (κ2) is 6.59. The summed E-state index contributed by atoms with van der Waals surface area (Å²) in [5.74, 6) is 0.0530. The molecule has 2 N–H and O–H groups in total. The van der Waals surface area contributed by atoms with Crippen LogP contribution in [-0.4, -0.2) is 18.2 Å². The fourth-order valence-electron chi connectivity index (χ4n) is 1.47. The molecule has 0 unspecified atom stereocenters. The minimum Gasteiger partial charge on any atom is -0.444 e. The summed E-state index contributed by atoms with van der Waals surface area (Å²) in [7, 11) is 0. The Bertz CT molecular complexity index is 467. The van der Waals surface area contributed by atoms with Gasteiger partial charge in [-0.1, -0.05) is 13.8 Å². The van der Waals surface area contributed by atoms with Gasteiger partial charge in [0, 0.05) is 12.2 Å². The second-order valence-corrected chi connectivity index (χ2v) is 6.10. The number of anilines is 2. The Kier molecular flexibility index (Phi) is 5.36. The van der Waals surface area contributed by atoms with E-state index in [1.807, 2.05) is 13.8 Å². The molecule has 0 aromatic heterocycles. The topological polar surface area (TPSA) is 50.4 Å². The van der Waals surface area contributed by atoms with Crippen molar-refractivity contribution >= 4 is 17.5 Å². The van der Waals surface area contributed by atoms with Crippen molar-refractivity contribution in [3.8, 4) is 0 Å². The lowest BCUT2D eigenvalue weighted by Gasteiger charge is -2.20. The van der Waals surface area contributed by atoms with Gasteiger partial charge >= 0.3 is 6.09 Å². The molecule has 0 atom stereocenters. The molecule has 0 fully saturated rings. The van der Waals surface area contributed by atoms with Crippen LogP contribution in [0.2, 0.25) is 0 Å². The van der Waals surface area contributed by atoms with Crippen LogP contribution in [0.5, 0.6) is 0 Å². The molecule has 1 rings (SSSR count). The van der Waals surface area contributed by atoms with E-state index >= 15 is 0 Å². The van der Waals surface area contributed by atoms with Gasteiger partial charge in [0.2, 0.25) is 0 Å². The highest BCUT2D eigenvalue weighted by Gasteiger charge is 2.16. The second-order valence-electron chi connectivity index (χ2n) is 6.10. The monoisotopic (exact) mass is 282 g/mol. The first-order valence-electron chi connectivity index (χ1n) is 6.71. The van der Waals surface area contributed by atoms with Gasteiger partial charge in [0.1, 0.15) is 11.4 Å². The summed E-state index contributed by atoms with van der Waals surface area (Å²) in [6.07, 6.45) is -0.557. The number of hydrogen-bond donors (Lipinski definition) is 2. The van der Waals surface area contributed by atoms with Crippen molar-refractivity contribution in [2.45, 2.75) is 40.2 Å². The van der Waals surface area contributed by atoms with Gasteiger partial charge in [-0.15, -0.1) is 0 Å². The Hall–Kier alpha value is -1.78. The molecule has 0 saturated carbocycles. The van der Waals surface area contributed by atoms with Crippen molar-refractivity contribution in [3.05, 3.63) is 24.0 Å². The van der Waals surface area contributed by atoms with Gasteiger partial charge in [-0.2, -0.15) is 0 Å². The summed E-state index contributed by atoms with van der Waals surface area (Å²) < 4.78 is 18.8. The molecular weight excluding hydrogens is 259 g/mol. The highest BCUT2D eigenvalue weighted by atomic mass is 19.1. The predicted octanol–water partition coefficient (Wildman–Crippen LogP) is 4.24. The molecule has 5 heteroatoms. The van der Waals surface area contributed by atoms with Crippen LogP contribution in [-0.2, 0) is 4.74 Å². The number of carbonyl (C=O) groups is 1. The van der Waals surface area contributed by atoms with Crippen molar-refractivity contribution in [2.24, 2.45) is 5.92 Å². The number of amides is 1. The van der Waals surface area contributed by atoms with Crippen LogP contribution in [0.4, 0.5) is 20.6 Å². The molecule has 0 bridgehead atoms. The summed E-state index contributed by atoms with van der Waals surface area (Å²) >= 11 is 0. The Balaban J connectivity index is 2.72. The third kappa shape index (κ3) is 5.91. The van der Waals surface area contributed by atoms with Crippen molar-refractivity contribution in [2.75, 3.05) is 17.2 Å². The van der Waals surface area contributed by atoms with Crippen molar-refractivity contribution in [1.82, 2.24) is 0 Å². The smallest absolute Gasteiger partial charge is 0.412 e. The first-order chi connectivity index (χ1) is 9.17. The van der Waals surface area contributed by atoms with Gasteiger partial charge in [0.15, 0.2) is 0 Å². The van der Waals surface area contributed by atoms with E-state index in [1.54, 1.807) is 26.8 Å². The fraction of sp³-hybridized carbons (Fsp3) is 0.533. The molecule has 112 valence electrons. The third-order valence-corrected chi connectivity index (χ3v) is 2.31. The molecule has 0 aliphatic heterocycles. The SMILES string of the molecule is CC(C)CNc1cc(NC(=O)OC(C)(C)C)ccc1F. The minimum absolute atomic E-state index is 0.347. The molecule has 0 aliphatic carbocycles. The Morgan fingerprint density at radius 3 is 2.55 bits per heavy atom. The zero-order chi connectivity index (χ0) is 15.3. The first-order valence-corrected chi connectivity index (χ1v) is 6.71. The van der Waals surface area contributed by atoms with Crippen molar-refractivity contribution < 1.29 is 13.9 Å². The summed E-state index contributed by atoms with van der Waals surface area (Å²) in [6, 6.07) is 4.37. The van der Waals surface area contributed by atoms with Crippen LogP contribution in [0, 0.1) is 11.7 Å². The normalized spacial score (nSPS) is 11.3. The number of ether oxygens (including phenoxy) is 1. The molecule has 20 heavy (non-hydrogen) atoms. The highest BCUT2D eigenvalue weighted by Crippen LogP contribution is 2.20. The van der Waals surface area contributed by atoms with Crippen LogP contribution < -0.4 is 10.6 Å². The lowest BCUT2D eigenvalue weighted by molar-refractivity contribution is 0.0636. The number of halogens is 1. The van der Waals surface area contributed by atoms with E-state index in [1.165, 1.54) is 12.1 Å². The largest absolute Gasteiger partial charge is 0.444 e. The highest BCUT2D eigenvalue weighted by molar-refractivity contribution is 5.85. The van der Waals surface area contributed by atoms with E-state index in [2.05, 4.69) is 10.6 Å². The maximum atomic E-state index is 13.6. The summed E-state index contributed by atoms with van der Waals surface area (Å²) in [4.78, 5) is 11.6. The lowest BCUT2D eigenvalue weighted by Crippen LogP contribution is -2.27. The molecule has 0 heterocycles. The van der Waals surface area contributed by atoms with E-state index in [9.17, 15) is 9.18 Å². The summed E-state index contributed by atoms with van der Waals surface area (Å²) in [5.41, 5.74) is 0.294. The number of benzene rings is 1. The third-order valence-electron chi connectivity index (χ3n) is 2.31. The zero-order valence-electron chi connectivity index (χ0n) is 12.7. The quantitative estimate of drug-likeness (QED) is 0.868. The number of nitrogens with one attached hydrogen (secondary N) is 2. The molecular formula is C15H23FN2O2. The van der Waals surface area contributed by atoms with Gasteiger partial charge in [-0.25, -0.2) is 9.18 Å². The molecule has 4 nitrogen and oxygen atoms in total. The fourth-order valence-corrected chi connectivity index (χ4v) is 1.47. The van der Waals surface area contributed by atoms with E-state index in [0.717, 1.165) is 0 Å². The summed E-state index contributed by atoms with van der Waals surface area (Å²) in [6.45, 7) is 10.1. The molecule has 0 spiro atoms. The van der Waals surface area contributed by atoms with Crippen LogP contribution in [0.25, 0.3) is 0 Å². The molecule has 0 aliphatic rings. The maximum absolute atomic E-state index is 13.6. The van der Waals surface area contributed by atoms with Gasteiger partial charge < -0.3 is 10.1 Å². The van der Waals surface area contributed by atoms with Crippen LogP contribution >= 0.6 is 0 Å². The number of hydrogen-bond acceptors (Lipinski definition) is 3. The first kappa shape index (κ1) is 16.3. The van der Waals surface area contributed by atoms with E-state index in [0.29, 0.717) is 23.8 Å². The zero-order valence-corrected chi connectivity index (χ0v) is 12.7. The van der Waals surface area contributed by atoms with Crippen LogP contribution in [0.3, 0.4) is 0 Å². The van der Waals surface area contributed by atoms with Gasteiger partial charge in [-0.3, -0.25) is 5.32 Å². The maximum Gasteiger partial charge on any atom is 0.412 e. The lowest BCUT2D eigenvalue weighted by atomic mass is 10.2. The molecule has 0 radical (unpaired) electrons. The Morgan fingerprint density at radius 1 is 1.35 bits per heavy atom. The van der Waals surface area contributed by atoms with E-state index in [4.69, 9.17) is 4.74 Å². The van der Waals surface area contributed by atoms with E-state index in [-0.39, 0.29) is 5.82 Å². The average Bonchev–Trinajstić information content (AvgIpc) is 2.27. The van der Waals surface area contributed by atoms with Gasteiger partial charge in [0.05, 0.1) is 5.69 Å². The summed E-state index contributed by atoms with van der Waals surface area (Å²) in [5, 5.41) is 5.59. The van der Waals surface area contributed by atoms with Crippen LogP contribution in [0.15, 0.2) is 18.2 Å². The molecule has 1 aromatic rings. The standard InChI is InChI=1S/C15H23FN2O2/c1-10(2)9-17-13-8-11(6-7-12(13)16)18-14(19)20-15(3,4)5/h6-8,10,17H,9H2,1-5H3,(H,18,19).